The van der Waals surface area contributed by atoms with Crippen molar-refractivity contribution in [1.82, 2.24) is 0 Å². The van der Waals surface area contributed by atoms with Gasteiger partial charge in [0.25, 0.3) is 0 Å². The highest BCUT2D eigenvalue weighted by molar-refractivity contribution is 6.10. The van der Waals surface area contributed by atoms with Gasteiger partial charge in [-0.25, -0.2) is 4.79 Å². The van der Waals surface area contributed by atoms with Gasteiger partial charge in [-0.2, -0.15) is 5.26 Å². The maximum Gasteiger partial charge on any atom is 0.338 e. The first-order valence-corrected chi connectivity index (χ1v) is 9.99. The Bertz CT molecular complexity index is 776. The van der Waals surface area contributed by atoms with Crippen LogP contribution in [0.15, 0.2) is 58.7 Å². The maximum absolute atomic E-state index is 12.3. The maximum atomic E-state index is 12.3. The van der Waals surface area contributed by atoms with Crippen LogP contribution in [0.4, 0.5) is 0 Å². The van der Waals surface area contributed by atoms with Crippen LogP contribution in [0.3, 0.4) is 0 Å². The topological polar surface area (TPSA) is 67.2 Å². The average Bonchev–Trinajstić information content (AvgIpc) is 2.61. The molecule has 0 aromatic heterocycles. The van der Waals surface area contributed by atoms with E-state index in [1.165, 1.54) is 0 Å². The van der Waals surface area contributed by atoms with Gasteiger partial charge < -0.3 is 4.74 Å². The summed E-state index contributed by atoms with van der Waals surface area (Å²) in [6, 6.07) is 1.98. The Morgan fingerprint density at radius 2 is 1.76 bits per heavy atom. The number of hydrogen-bond donors (Lipinski definition) is 0. The highest BCUT2D eigenvalue weighted by Crippen LogP contribution is 2.14. The minimum Gasteiger partial charge on any atom is -0.456 e. The SMILES string of the molecule is C\C=C(/C=C(C)/C=C/CC/C=C(\C)C(=O)/C(C#N)=C/C(C)C)C(=O)OC(C)(C)C. The molecule has 0 unspecified atom stereocenters. The van der Waals surface area contributed by atoms with Gasteiger partial charge in [0.1, 0.15) is 11.7 Å². The molecule has 0 N–H and O–H groups in total. The largest absolute Gasteiger partial charge is 0.456 e. The number of rotatable bonds is 9. The molecule has 0 amide bonds. The summed E-state index contributed by atoms with van der Waals surface area (Å²) in [6.07, 6.45) is 12.5. The Morgan fingerprint density at radius 3 is 2.24 bits per heavy atom. The van der Waals surface area contributed by atoms with Gasteiger partial charge in [-0.1, -0.05) is 49.8 Å². The lowest BCUT2D eigenvalue weighted by Gasteiger charge is -2.19. The third-order valence-corrected chi connectivity index (χ3v) is 3.72. The van der Waals surface area contributed by atoms with Crippen LogP contribution in [0, 0.1) is 17.2 Å². The van der Waals surface area contributed by atoms with Crippen LogP contribution in [0.5, 0.6) is 0 Å². The van der Waals surface area contributed by atoms with E-state index in [2.05, 4.69) is 0 Å². The molecule has 0 aliphatic heterocycles. The van der Waals surface area contributed by atoms with Gasteiger partial charge in [-0.3, -0.25) is 4.79 Å². The van der Waals surface area contributed by atoms with Crippen molar-refractivity contribution in [3.63, 3.8) is 0 Å². The van der Waals surface area contributed by atoms with Gasteiger partial charge in [0, 0.05) is 0 Å². The monoisotopic (exact) mass is 397 g/mol. The number of esters is 1. The number of allylic oxidation sites excluding steroid dienone is 8. The summed E-state index contributed by atoms with van der Waals surface area (Å²) in [4.78, 5) is 24.4. The Kier molecular flexibility index (Phi) is 11.6. The van der Waals surface area contributed by atoms with Crippen molar-refractivity contribution in [2.75, 3.05) is 0 Å². The number of carbonyl (C=O) groups excluding carboxylic acids is 2. The second-order valence-electron chi connectivity index (χ2n) is 8.27. The van der Waals surface area contributed by atoms with Crippen molar-refractivity contribution in [2.45, 2.75) is 73.8 Å². The number of nitriles is 1. The van der Waals surface area contributed by atoms with Crippen molar-refractivity contribution >= 4 is 11.8 Å². The molecular formula is C25H35NO3. The highest BCUT2D eigenvalue weighted by Gasteiger charge is 2.18. The van der Waals surface area contributed by atoms with E-state index in [1.807, 2.05) is 65.8 Å². The summed E-state index contributed by atoms with van der Waals surface area (Å²) >= 11 is 0. The summed E-state index contributed by atoms with van der Waals surface area (Å²) < 4.78 is 5.39. The molecule has 158 valence electrons. The number of carbonyl (C=O) groups is 2. The fourth-order valence-corrected chi connectivity index (χ4v) is 2.36. The van der Waals surface area contributed by atoms with E-state index in [0.717, 1.165) is 12.0 Å². The van der Waals surface area contributed by atoms with Crippen LogP contribution in [0.25, 0.3) is 0 Å². The summed E-state index contributed by atoms with van der Waals surface area (Å²) in [5.74, 6) is -0.397. The van der Waals surface area contributed by atoms with Crippen LogP contribution >= 0.6 is 0 Å². The predicted molar refractivity (Wildman–Crippen MR) is 119 cm³/mol. The van der Waals surface area contributed by atoms with Crippen LogP contribution in [-0.4, -0.2) is 17.4 Å². The summed E-state index contributed by atoms with van der Waals surface area (Å²) in [7, 11) is 0. The fraction of sp³-hybridized carbons (Fsp3) is 0.480. The molecular weight excluding hydrogens is 362 g/mol. The standard InChI is InChI=1S/C25H35NO3/c1-9-21(24(28)29-25(6,7)8)16-19(4)13-11-10-12-14-20(5)23(27)22(17-26)15-18(2)3/h9,11,13-16,18H,10,12H2,1-8H3/b13-11+,19-16+,20-14+,21-9+,22-15+. The summed E-state index contributed by atoms with van der Waals surface area (Å²) in [5.41, 5.74) is 1.71. The molecule has 0 aliphatic carbocycles. The molecule has 0 fully saturated rings. The van der Waals surface area contributed by atoms with Crippen molar-refractivity contribution in [2.24, 2.45) is 5.92 Å². The third kappa shape index (κ3) is 11.7. The molecule has 0 aromatic rings. The third-order valence-electron chi connectivity index (χ3n) is 3.72. The first-order chi connectivity index (χ1) is 13.4. The van der Waals surface area contributed by atoms with E-state index >= 15 is 0 Å². The Morgan fingerprint density at radius 1 is 1.14 bits per heavy atom. The second kappa shape index (κ2) is 12.7. The minimum absolute atomic E-state index is 0.154. The molecule has 0 radical (unpaired) electrons. The van der Waals surface area contributed by atoms with E-state index in [1.54, 1.807) is 32.1 Å². The normalized spacial score (nSPS) is 14.3. The van der Waals surface area contributed by atoms with Crippen LogP contribution < -0.4 is 0 Å². The lowest BCUT2D eigenvalue weighted by atomic mass is 10.0. The van der Waals surface area contributed by atoms with Gasteiger partial charge >= 0.3 is 5.97 Å². The first kappa shape index (κ1) is 26.3. The molecule has 0 aliphatic rings. The number of ether oxygens (including phenoxy) is 1. The van der Waals surface area contributed by atoms with E-state index in [4.69, 9.17) is 10.00 Å². The molecule has 0 spiro atoms. The van der Waals surface area contributed by atoms with Gasteiger partial charge in [-0.15, -0.1) is 0 Å². The molecule has 29 heavy (non-hydrogen) atoms. The van der Waals surface area contributed by atoms with Gasteiger partial charge in [-0.05, 0) is 72.0 Å². The van der Waals surface area contributed by atoms with Crippen molar-refractivity contribution in [1.29, 1.82) is 5.26 Å². The fourth-order valence-electron chi connectivity index (χ4n) is 2.36. The van der Waals surface area contributed by atoms with E-state index in [0.29, 0.717) is 17.6 Å². The molecule has 0 rings (SSSR count). The van der Waals surface area contributed by atoms with Crippen LogP contribution in [0.1, 0.15) is 68.2 Å². The molecule has 0 atom stereocenters. The quantitative estimate of drug-likeness (QED) is 0.153. The van der Waals surface area contributed by atoms with E-state index in [9.17, 15) is 9.59 Å². The van der Waals surface area contributed by atoms with Gasteiger partial charge in [0.15, 0.2) is 5.78 Å². The lowest BCUT2D eigenvalue weighted by molar-refractivity contribution is -0.149. The number of unbranched alkanes of at least 4 members (excludes halogenated alkanes) is 1. The van der Waals surface area contributed by atoms with Gasteiger partial charge in [0.2, 0.25) is 0 Å². The molecule has 4 nitrogen and oxygen atoms in total. The van der Waals surface area contributed by atoms with Crippen molar-refractivity contribution in [3.8, 4) is 6.07 Å². The van der Waals surface area contributed by atoms with Crippen LogP contribution in [0.2, 0.25) is 0 Å². The molecule has 4 heteroatoms. The molecule has 0 bridgehead atoms. The molecule has 0 heterocycles. The predicted octanol–water partition coefficient (Wildman–Crippen LogP) is 6.18. The number of hydrogen-bond acceptors (Lipinski definition) is 4. The minimum atomic E-state index is -0.527. The van der Waals surface area contributed by atoms with Crippen LogP contribution in [-0.2, 0) is 14.3 Å². The van der Waals surface area contributed by atoms with Gasteiger partial charge in [0.05, 0.1) is 11.1 Å². The smallest absolute Gasteiger partial charge is 0.338 e. The second-order valence-corrected chi connectivity index (χ2v) is 8.27. The molecule has 0 saturated heterocycles. The zero-order chi connectivity index (χ0) is 22.6. The zero-order valence-electron chi connectivity index (χ0n) is 19.1. The Hall–Kier alpha value is -2.67. The van der Waals surface area contributed by atoms with Crippen molar-refractivity contribution < 1.29 is 14.3 Å². The van der Waals surface area contributed by atoms with E-state index < -0.39 is 5.60 Å². The average molecular weight is 398 g/mol. The Balaban J connectivity index is 4.86. The number of nitrogens with zero attached hydrogens (tertiary/aromatic N) is 1. The number of ketones is 1. The lowest BCUT2D eigenvalue weighted by Crippen LogP contribution is -2.24. The highest BCUT2D eigenvalue weighted by atomic mass is 16.6. The van der Waals surface area contributed by atoms with E-state index in [-0.39, 0.29) is 23.2 Å². The zero-order valence-corrected chi connectivity index (χ0v) is 19.1. The first-order valence-electron chi connectivity index (χ1n) is 9.99. The van der Waals surface area contributed by atoms with Crippen molar-refractivity contribution in [3.05, 3.63) is 58.7 Å². The Labute approximate surface area is 176 Å². The number of Topliss-reactive ketones (excluding diaryl/α,β-unsaturated/α-hetero) is 1. The molecule has 0 saturated carbocycles. The molecule has 0 aromatic carbocycles. The summed E-state index contributed by atoms with van der Waals surface area (Å²) in [6.45, 7) is 14.9. The summed E-state index contributed by atoms with van der Waals surface area (Å²) in [5, 5.41) is 9.14.